The molecule has 1 aliphatic heterocycles. The van der Waals surface area contributed by atoms with Crippen molar-refractivity contribution >= 4 is 11.6 Å². The van der Waals surface area contributed by atoms with Crippen molar-refractivity contribution in [1.82, 2.24) is 4.90 Å². The standard InChI is InChI=1S/C16H22ClNO2/c1-19-16-5-2-14(17)8-13(16)10-18(15-3-4-15)9-12-6-7-20-11-12/h2,5,8,12,15H,3-4,6-7,9-11H2,1H3. The van der Waals surface area contributed by atoms with E-state index in [0.29, 0.717) is 5.92 Å². The van der Waals surface area contributed by atoms with Gasteiger partial charge in [-0.3, -0.25) is 4.90 Å². The highest BCUT2D eigenvalue weighted by Gasteiger charge is 2.32. The SMILES string of the molecule is COc1ccc(Cl)cc1CN(CC1CCOC1)C1CC1. The lowest BCUT2D eigenvalue weighted by atomic mass is 10.1. The van der Waals surface area contributed by atoms with Crippen LogP contribution in [0.4, 0.5) is 0 Å². The summed E-state index contributed by atoms with van der Waals surface area (Å²) >= 11 is 6.13. The van der Waals surface area contributed by atoms with Crippen LogP contribution in [0.2, 0.25) is 5.02 Å². The van der Waals surface area contributed by atoms with Crippen molar-refractivity contribution in [1.29, 1.82) is 0 Å². The van der Waals surface area contributed by atoms with Crippen LogP contribution >= 0.6 is 11.6 Å². The van der Waals surface area contributed by atoms with Crippen LogP contribution in [-0.4, -0.2) is 37.8 Å². The summed E-state index contributed by atoms with van der Waals surface area (Å²) in [6.07, 6.45) is 3.82. The zero-order valence-corrected chi connectivity index (χ0v) is 12.7. The fraction of sp³-hybridized carbons (Fsp3) is 0.625. The van der Waals surface area contributed by atoms with Gasteiger partial charge in [-0.25, -0.2) is 0 Å². The molecule has 0 bridgehead atoms. The molecule has 0 spiro atoms. The number of hydrogen-bond donors (Lipinski definition) is 0. The number of halogens is 1. The van der Waals surface area contributed by atoms with Crippen molar-refractivity contribution in [3.63, 3.8) is 0 Å². The maximum atomic E-state index is 6.13. The summed E-state index contributed by atoms with van der Waals surface area (Å²) in [6, 6.07) is 6.61. The number of ether oxygens (including phenoxy) is 2. The summed E-state index contributed by atoms with van der Waals surface area (Å²) in [7, 11) is 1.72. The zero-order chi connectivity index (χ0) is 13.9. The predicted molar refractivity (Wildman–Crippen MR) is 80.4 cm³/mol. The van der Waals surface area contributed by atoms with Crippen LogP contribution in [0.15, 0.2) is 18.2 Å². The third-order valence-electron chi connectivity index (χ3n) is 4.20. The third kappa shape index (κ3) is 3.46. The van der Waals surface area contributed by atoms with E-state index in [-0.39, 0.29) is 0 Å². The normalized spacial score (nSPS) is 22.4. The smallest absolute Gasteiger partial charge is 0.123 e. The van der Waals surface area contributed by atoms with E-state index in [4.69, 9.17) is 21.1 Å². The highest BCUT2D eigenvalue weighted by atomic mass is 35.5. The molecule has 0 amide bonds. The van der Waals surface area contributed by atoms with E-state index in [1.807, 2.05) is 18.2 Å². The third-order valence-corrected chi connectivity index (χ3v) is 4.43. The Labute approximate surface area is 125 Å². The molecule has 0 N–H and O–H groups in total. The Morgan fingerprint density at radius 1 is 1.35 bits per heavy atom. The molecule has 1 aromatic carbocycles. The molecule has 1 saturated heterocycles. The van der Waals surface area contributed by atoms with Gasteiger partial charge in [0.25, 0.3) is 0 Å². The first-order valence-electron chi connectivity index (χ1n) is 7.40. The molecule has 110 valence electrons. The van der Waals surface area contributed by atoms with Crippen LogP contribution in [0.1, 0.15) is 24.8 Å². The van der Waals surface area contributed by atoms with Crippen LogP contribution in [0.25, 0.3) is 0 Å². The number of methoxy groups -OCH3 is 1. The van der Waals surface area contributed by atoms with Crippen molar-refractivity contribution in [2.45, 2.75) is 31.8 Å². The van der Waals surface area contributed by atoms with E-state index in [1.54, 1.807) is 7.11 Å². The van der Waals surface area contributed by atoms with E-state index in [9.17, 15) is 0 Å². The van der Waals surface area contributed by atoms with Crippen molar-refractivity contribution in [2.75, 3.05) is 26.9 Å². The Morgan fingerprint density at radius 3 is 2.85 bits per heavy atom. The first kappa shape index (κ1) is 14.2. The fourth-order valence-corrected chi connectivity index (χ4v) is 3.13. The van der Waals surface area contributed by atoms with E-state index in [0.717, 1.165) is 43.1 Å². The Kier molecular flexibility index (Phi) is 4.49. The summed E-state index contributed by atoms with van der Waals surface area (Å²) in [5.74, 6) is 1.61. The molecule has 0 radical (unpaired) electrons. The lowest BCUT2D eigenvalue weighted by Gasteiger charge is -2.25. The van der Waals surface area contributed by atoms with Gasteiger partial charge < -0.3 is 9.47 Å². The molecule has 1 saturated carbocycles. The molecule has 1 atom stereocenters. The molecule has 1 heterocycles. The maximum Gasteiger partial charge on any atom is 0.123 e. The number of benzene rings is 1. The monoisotopic (exact) mass is 295 g/mol. The second-order valence-corrected chi connectivity index (χ2v) is 6.28. The summed E-state index contributed by atoms with van der Waals surface area (Å²) in [5.41, 5.74) is 1.19. The van der Waals surface area contributed by atoms with E-state index < -0.39 is 0 Å². The van der Waals surface area contributed by atoms with E-state index in [1.165, 1.54) is 24.8 Å². The van der Waals surface area contributed by atoms with Crippen molar-refractivity contribution < 1.29 is 9.47 Å². The minimum Gasteiger partial charge on any atom is -0.496 e. The van der Waals surface area contributed by atoms with E-state index in [2.05, 4.69) is 4.90 Å². The van der Waals surface area contributed by atoms with Gasteiger partial charge in [-0.2, -0.15) is 0 Å². The van der Waals surface area contributed by atoms with Crippen molar-refractivity contribution in [2.24, 2.45) is 5.92 Å². The second kappa shape index (κ2) is 6.33. The lowest BCUT2D eigenvalue weighted by Crippen LogP contribution is -2.31. The molecule has 4 heteroatoms. The molecule has 1 unspecified atom stereocenters. The van der Waals surface area contributed by atoms with Crippen LogP contribution in [0, 0.1) is 5.92 Å². The molecule has 1 aliphatic carbocycles. The van der Waals surface area contributed by atoms with E-state index >= 15 is 0 Å². The first-order valence-corrected chi connectivity index (χ1v) is 7.78. The van der Waals surface area contributed by atoms with Gasteiger partial charge in [0.2, 0.25) is 0 Å². The molecule has 0 aromatic heterocycles. The van der Waals surface area contributed by atoms with Gasteiger partial charge >= 0.3 is 0 Å². The lowest BCUT2D eigenvalue weighted by molar-refractivity contribution is 0.161. The molecule has 3 nitrogen and oxygen atoms in total. The summed E-state index contributed by atoms with van der Waals surface area (Å²) in [6.45, 7) is 3.88. The number of nitrogens with zero attached hydrogens (tertiary/aromatic N) is 1. The fourth-order valence-electron chi connectivity index (χ4n) is 2.93. The average molecular weight is 296 g/mol. The van der Waals surface area contributed by atoms with Gasteiger partial charge in [0, 0.05) is 36.3 Å². The molecular formula is C16H22ClNO2. The Morgan fingerprint density at radius 2 is 2.20 bits per heavy atom. The number of hydrogen-bond acceptors (Lipinski definition) is 3. The summed E-state index contributed by atoms with van der Waals surface area (Å²) in [5, 5.41) is 0.778. The maximum absolute atomic E-state index is 6.13. The summed E-state index contributed by atoms with van der Waals surface area (Å²) in [4.78, 5) is 2.58. The molecule has 3 rings (SSSR count). The molecular weight excluding hydrogens is 274 g/mol. The molecule has 20 heavy (non-hydrogen) atoms. The Bertz CT molecular complexity index is 456. The van der Waals surface area contributed by atoms with Gasteiger partial charge in [-0.05, 0) is 43.4 Å². The highest BCUT2D eigenvalue weighted by molar-refractivity contribution is 6.30. The largest absolute Gasteiger partial charge is 0.496 e. The van der Waals surface area contributed by atoms with Crippen LogP contribution in [0.5, 0.6) is 5.75 Å². The zero-order valence-electron chi connectivity index (χ0n) is 12.0. The van der Waals surface area contributed by atoms with Gasteiger partial charge in [-0.15, -0.1) is 0 Å². The average Bonchev–Trinajstić information content (AvgIpc) is 3.17. The molecule has 1 aromatic rings. The van der Waals surface area contributed by atoms with Crippen LogP contribution in [-0.2, 0) is 11.3 Å². The highest BCUT2D eigenvalue weighted by Crippen LogP contribution is 2.32. The van der Waals surface area contributed by atoms with Gasteiger partial charge in [-0.1, -0.05) is 11.6 Å². The van der Waals surface area contributed by atoms with Crippen molar-refractivity contribution in [3.8, 4) is 5.75 Å². The van der Waals surface area contributed by atoms with Crippen molar-refractivity contribution in [3.05, 3.63) is 28.8 Å². The quantitative estimate of drug-likeness (QED) is 0.803. The topological polar surface area (TPSA) is 21.7 Å². The Hall–Kier alpha value is -0.770. The summed E-state index contributed by atoms with van der Waals surface area (Å²) < 4.78 is 11.0. The molecule has 2 aliphatic rings. The van der Waals surface area contributed by atoms with Gasteiger partial charge in [0.05, 0.1) is 13.7 Å². The first-order chi connectivity index (χ1) is 9.76. The number of rotatable bonds is 6. The Balaban J connectivity index is 1.70. The minimum absolute atomic E-state index is 0.681. The van der Waals surface area contributed by atoms with Crippen LogP contribution in [0.3, 0.4) is 0 Å². The van der Waals surface area contributed by atoms with Gasteiger partial charge in [0.15, 0.2) is 0 Å². The molecule has 2 fully saturated rings. The van der Waals surface area contributed by atoms with Gasteiger partial charge in [0.1, 0.15) is 5.75 Å². The minimum atomic E-state index is 0.681. The van der Waals surface area contributed by atoms with Crippen LogP contribution < -0.4 is 4.74 Å². The predicted octanol–water partition coefficient (Wildman–Crippen LogP) is 3.35. The second-order valence-electron chi connectivity index (χ2n) is 5.85.